The first-order valence-corrected chi connectivity index (χ1v) is 5.98. The average Bonchev–Trinajstić information content (AvgIpc) is 2.35. The third-order valence-electron chi connectivity index (χ3n) is 3.04. The van der Waals surface area contributed by atoms with E-state index in [2.05, 4.69) is 5.32 Å². The number of rotatable bonds is 6. The first-order chi connectivity index (χ1) is 9.52. The third kappa shape index (κ3) is 2.80. The lowest BCUT2D eigenvalue weighted by atomic mass is 10.1. The Balaban J connectivity index is 2.35. The van der Waals surface area contributed by atoms with Crippen molar-refractivity contribution in [3.63, 3.8) is 0 Å². The van der Waals surface area contributed by atoms with Crippen molar-refractivity contribution in [1.82, 2.24) is 0 Å². The van der Waals surface area contributed by atoms with E-state index in [9.17, 15) is 14.9 Å². The number of carbonyl (C=O) groups is 1. The van der Waals surface area contributed by atoms with Crippen LogP contribution in [0.4, 0.5) is 11.4 Å². The lowest BCUT2D eigenvalue weighted by Gasteiger charge is -2.26. The number of hydrogen-bond acceptors (Lipinski definition) is 6. The largest absolute Gasteiger partial charge is 0.490 e. The summed E-state index contributed by atoms with van der Waals surface area (Å²) in [4.78, 5) is 21.5. The average molecular weight is 282 g/mol. The van der Waals surface area contributed by atoms with Crippen molar-refractivity contribution < 1.29 is 24.3 Å². The zero-order valence-electron chi connectivity index (χ0n) is 10.8. The zero-order valence-corrected chi connectivity index (χ0v) is 10.8. The fraction of sp³-hybridized carbons (Fsp3) is 0.417. The van der Waals surface area contributed by atoms with Crippen LogP contribution in [0.15, 0.2) is 12.1 Å². The van der Waals surface area contributed by atoms with Gasteiger partial charge in [-0.05, 0) is 12.5 Å². The number of aromatic carboxylic acids is 1. The van der Waals surface area contributed by atoms with Gasteiger partial charge in [-0.25, -0.2) is 4.79 Å². The van der Waals surface area contributed by atoms with Crippen molar-refractivity contribution in [3.8, 4) is 5.75 Å². The van der Waals surface area contributed by atoms with Gasteiger partial charge in [-0.3, -0.25) is 10.1 Å². The second kappa shape index (κ2) is 5.74. The zero-order chi connectivity index (χ0) is 14.7. The van der Waals surface area contributed by atoms with E-state index >= 15 is 0 Å². The Kier molecular flexibility index (Phi) is 4.04. The minimum atomic E-state index is -1.18. The van der Waals surface area contributed by atoms with Crippen LogP contribution in [0.1, 0.15) is 16.8 Å². The summed E-state index contributed by atoms with van der Waals surface area (Å²) in [5.41, 5.74) is -0.247. The Hall–Kier alpha value is -2.35. The molecule has 8 nitrogen and oxygen atoms in total. The number of anilines is 1. The molecule has 1 aliphatic heterocycles. The molecule has 1 saturated heterocycles. The number of nitrogens with zero attached hydrogens (tertiary/aromatic N) is 1. The number of methoxy groups -OCH3 is 1. The summed E-state index contributed by atoms with van der Waals surface area (Å²) >= 11 is 0. The Morgan fingerprint density at radius 2 is 2.35 bits per heavy atom. The molecule has 2 N–H and O–H groups in total. The fourth-order valence-electron chi connectivity index (χ4n) is 1.88. The van der Waals surface area contributed by atoms with Gasteiger partial charge < -0.3 is 19.9 Å². The van der Waals surface area contributed by atoms with Crippen molar-refractivity contribution in [3.05, 3.63) is 27.8 Å². The van der Waals surface area contributed by atoms with E-state index in [-0.39, 0.29) is 28.8 Å². The van der Waals surface area contributed by atoms with E-state index in [1.807, 2.05) is 0 Å². The van der Waals surface area contributed by atoms with Crippen molar-refractivity contribution in [1.29, 1.82) is 0 Å². The monoisotopic (exact) mass is 282 g/mol. The SMILES string of the molecule is COc1cc(C(=O)O)cc(NCC2CCO2)c1[N+](=O)[O-]. The second-order valence-electron chi connectivity index (χ2n) is 4.30. The van der Waals surface area contributed by atoms with Gasteiger partial charge >= 0.3 is 11.7 Å². The molecule has 0 spiro atoms. The first-order valence-electron chi connectivity index (χ1n) is 5.98. The summed E-state index contributed by atoms with van der Waals surface area (Å²) < 4.78 is 10.1. The van der Waals surface area contributed by atoms with Crippen molar-refractivity contribution >= 4 is 17.3 Å². The number of nitro benzene ring substituents is 1. The molecule has 20 heavy (non-hydrogen) atoms. The molecule has 1 aliphatic rings. The van der Waals surface area contributed by atoms with Gasteiger partial charge in [0.25, 0.3) is 0 Å². The quantitative estimate of drug-likeness (QED) is 0.600. The molecule has 0 amide bonds. The van der Waals surface area contributed by atoms with Crippen LogP contribution in [-0.2, 0) is 4.74 Å². The predicted octanol–water partition coefficient (Wildman–Crippen LogP) is 1.50. The second-order valence-corrected chi connectivity index (χ2v) is 4.30. The van der Waals surface area contributed by atoms with Gasteiger partial charge in [-0.15, -0.1) is 0 Å². The predicted molar refractivity (Wildman–Crippen MR) is 69.5 cm³/mol. The Morgan fingerprint density at radius 1 is 1.65 bits per heavy atom. The van der Waals surface area contributed by atoms with Gasteiger partial charge in [0, 0.05) is 19.2 Å². The van der Waals surface area contributed by atoms with E-state index in [4.69, 9.17) is 14.6 Å². The van der Waals surface area contributed by atoms with Crippen molar-refractivity contribution in [2.24, 2.45) is 0 Å². The molecule has 0 bridgehead atoms. The van der Waals surface area contributed by atoms with E-state index in [1.54, 1.807) is 0 Å². The van der Waals surface area contributed by atoms with E-state index in [0.29, 0.717) is 13.2 Å². The lowest BCUT2D eigenvalue weighted by Crippen LogP contribution is -2.33. The lowest BCUT2D eigenvalue weighted by molar-refractivity contribution is -0.384. The maximum Gasteiger partial charge on any atom is 0.335 e. The minimum absolute atomic E-state index is 0.00548. The maximum absolute atomic E-state index is 11.1. The van der Waals surface area contributed by atoms with Crippen molar-refractivity contribution in [2.75, 3.05) is 25.6 Å². The highest BCUT2D eigenvalue weighted by molar-refractivity contribution is 5.91. The first kappa shape index (κ1) is 14.1. The highest BCUT2D eigenvalue weighted by Gasteiger charge is 2.25. The molecule has 1 aromatic rings. The molecule has 108 valence electrons. The molecule has 1 aromatic carbocycles. The van der Waals surface area contributed by atoms with Gasteiger partial charge in [0.15, 0.2) is 5.75 Å². The Morgan fingerprint density at radius 3 is 2.80 bits per heavy atom. The summed E-state index contributed by atoms with van der Waals surface area (Å²) in [6.45, 7) is 1.06. The number of hydrogen-bond donors (Lipinski definition) is 2. The van der Waals surface area contributed by atoms with Crippen LogP contribution < -0.4 is 10.1 Å². The molecule has 8 heteroatoms. The molecule has 0 radical (unpaired) electrons. The summed E-state index contributed by atoms with van der Waals surface area (Å²) in [5.74, 6) is -1.27. The molecular weight excluding hydrogens is 268 g/mol. The molecule has 1 atom stereocenters. The fourth-order valence-corrected chi connectivity index (χ4v) is 1.88. The minimum Gasteiger partial charge on any atom is -0.490 e. The van der Waals surface area contributed by atoms with Crippen LogP contribution in [0.2, 0.25) is 0 Å². The third-order valence-corrected chi connectivity index (χ3v) is 3.04. The van der Waals surface area contributed by atoms with Crippen molar-refractivity contribution in [2.45, 2.75) is 12.5 Å². The molecule has 0 aliphatic carbocycles. The van der Waals surface area contributed by atoms with Gasteiger partial charge in [0.1, 0.15) is 5.69 Å². The number of nitro groups is 1. The standard InChI is InChI=1S/C12H14N2O6/c1-19-10-5-7(12(15)16)4-9(11(10)14(17)18)13-6-8-2-3-20-8/h4-5,8,13H,2-3,6H2,1H3,(H,15,16). The van der Waals surface area contributed by atoms with E-state index < -0.39 is 10.9 Å². The molecule has 1 heterocycles. The molecule has 1 unspecified atom stereocenters. The highest BCUT2D eigenvalue weighted by atomic mass is 16.6. The normalized spacial score (nSPS) is 17.1. The summed E-state index contributed by atoms with van der Waals surface area (Å²) in [6, 6.07) is 2.35. The molecular formula is C12H14N2O6. The number of carboxylic acids is 1. The molecule has 2 rings (SSSR count). The van der Waals surface area contributed by atoms with Gasteiger partial charge in [-0.1, -0.05) is 0 Å². The molecule has 1 fully saturated rings. The van der Waals surface area contributed by atoms with Crippen LogP contribution >= 0.6 is 0 Å². The number of benzene rings is 1. The highest BCUT2D eigenvalue weighted by Crippen LogP contribution is 2.36. The maximum atomic E-state index is 11.1. The van der Waals surface area contributed by atoms with Gasteiger partial charge in [0.05, 0.1) is 23.7 Å². The Bertz CT molecular complexity index is 541. The molecule has 0 aromatic heterocycles. The number of nitrogens with one attached hydrogen (secondary N) is 1. The van der Waals surface area contributed by atoms with Gasteiger partial charge in [-0.2, -0.15) is 0 Å². The van der Waals surface area contributed by atoms with Gasteiger partial charge in [0.2, 0.25) is 0 Å². The van der Waals surface area contributed by atoms with Crippen LogP contribution in [0.5, 0.6) is 5.75 Å². The molecule has 0 saturated carbocycles. The van der Waals surface area contributed by atoms with E-state index in [1.165, 1.54) is 13.2 Å². The summed E-state index contributed by atoms with van der Waals surface area (Å²) in [5, 5.41) is 23.0. The van der Waals surface area contributed by atoms with Crippen LogP contribution in [0.3, 0.4) is 0 Å². The van der Waals surface area contributed by atoms with Crippen LogP contribution in [-0.4, -0.2) is 42.4 Å². The Labute approximate surface area is 114 Å². The number of ether oxygens (including phenoxy) is 2. The summed E-state index contributed by atoms with van der Waals surface area (Å²) in [6.07, 6.45) is 0.866. The number of carboxylic acid groups (broad SMARTS) is 1. The summed E-state index contributed by atoms with van der Waals surface area (Å²) in [7, 11) is 1.26. The van der Waals surface area contributed by atoms with E-state index in [0.717, 1.165) is 12.5 Å². The topological polar surface area (TPSA) is 111 Å². The smallest absolute Gasteiger partial charge is 0.335 e. The van der Waals surface area contributed by atoms with Crippen LogP contribution in [0, 0.1) is 10.1 Å². The van der Waals surface area contributed by atoms with Crippen LogP contribution in [0.25, 0.3) is 0 Å².